The SMILES string of the molecule is CCCNC1CCC(C)CC1N(C)C1CCCCCC1. The van der Waals surface area contributed by atoms with Crippen LogP contribution in [0.15, 0.2) is 0 Å². The molecule has 0 aromatic rings. The van der Waals surface area contributed by atoms with Crippen molar-refractivity contribution in [2.45, 2.75) is 96.2 Å². The van der Waals surface area contributed by atoms with Crippen LogP contribution >= 0.6 is 0 Å². The molecule has 0 aliphatic heterocycles. The predicted octanol–water partition coefficient (Wildman–Crippen LogP) is 4.20. The summed E-state index contributed by atoms with van der Waals surface area (Å²) >= 11 is 0. The van der Waals surface area contributed by atoms with Gasteiger partial charge in [0, 0.05) is 18.1 Å². The molecule has 0 bridgehead atoms. The number of hydrogen-bond donors (Lipinski definition) is 1. The normalized spacial score (nSPS) is 33.3. The van der Waals surface area contributed by atoms with Crippen LogP contribution in [-0.4, -0.2) is 36.6 Å². The summed E-state index contributed by atoms with van der Waals surface area (Å²) in [5.74, 6) is 0.910. The van der Waals surface area contributed by atoms with E-state index >= 15 is 0 Å². The summed E-state index contributed by atoms with van der Waals surface area (Å²) in [5.41, 5.74) is 0. The van der Waals surface area contributed by atoms with Gasteiger partial charge in [0.15, 0.2) is 0 Å². The Bertz CT molecular complexity index is 256. The molecule has 2 aliphatic carbocycles. The number of nitrogens with one attached hydrogen (secondary N) is 1. The van der Waals surface area contributed by atoms with Crippen molar-refractivity contribution >= 4 is 0 Å². The summed E-state index contributed by atoms with van der Waals surface area (Å²) in [6.07, 6.45) is 14.1. The second kappa shape index (κ2) is 8.38. The molecular formula is C18H36N2. The molecule has 2 saturated carbocycles. The molecule has 2 fully saturated rings. The Morgan fingerprint density at radius 1 is 1.00 bits per heavy atom. The Balaban J connectivity index is 1.96. The third-order valence-corrected chi connectivity index (χ3v) is 5.66. The van der Waals surface area contributed by atoms with Crippen LogP contribution in [-0.2, 0) is 0 Å². The highest BCUT2D eigenvalue weighted by Crippen LogP contribution is 2.31. The zero-order valence-electron chi connectivity index (χ0n) is 14.0. The first-order chi connectivity index (χ1) is 9.72. The highest BCUT2D eigenvalue weighted by molar-refractivity contribution is 4.91. The maximum Gasteiger partial charge on any atom is 0.0251 e. The number of likely N-dealkylation sites (N-methyl/N-ethyl adjacent to an activating group) is 1. The maximum absolute atomic E-state index is 3.84. The van der Waals surface area contributed by atoms with E-state index in [1.165, 1.54) is 70.8 Å². The van der Waals surface area contributed by atoms with E-state index < -0.39 is 0 Å². The van der Waals surface area contributed by atoms with Gasteiger partial charge in [-0.25, -0.2) is 0 Å². The molecule has 2 heteroatoms. The number of rotatable bonds is 5. The average Bonchev–Trinajstić information content (AvgIpc) is 2.74. The lowest BCUT2D eigenvalue weighted by molar-refractivity contribution is 0.0803. The maximum atomic E-state index is 3.84. The van der Waals surface area contributed by atoms with Gasteiger partial charge in [0.1, 0.15) is 0 Å². The molecule has 2 rings (SSSR count). The van der Waals surface area contributed by atoms with Crippen LogP contribution in [0.25, 0.3) is 0 Å². The molecule has 0 spiro atoms. The monoisotopic (exact) mass is 280 g/mol. The van der Waals surface area contributed by atoms with E-state index in [4.69, 9.17) is 0 Å². The third kappa shape index (κ3) is 4.46. The van der Waals surface area contributed by atoms with Crippen LogP contribution in [0.4, 0.5) is 0 Å². The lowest BCUT2D eigenvalue weighted by atomic mass is 9.81. The van der Waals surface area contributed by atoms with Gasteiger partial charge in [-0.15, -0.1) is 0 Å². The van der Waals surface area contributed by atoms with E-state index in [9.17, 15) is 0 Å². The fourth-order valence-corrected chi connectivity index (χ4v) is 4.30. The smallest absolute Gasteiger partial charge is 0.0251 e. The predicted molar refractivity (Wildman–Crippen MR) is 88.1 cm³/mol. The van der Waals surface area contributed by atoms with E-state index in [1.807, 2.05) is 0 Å². The van der Waals surface area contributed by atoms with Gasteiger partial charge in [0.2, 0.25) is 0 Å². The first kappa shape index (κ1) is 16.3. The molecule has 20 heavy (non-hydrogen) atoms. The first-order valence-electron chi connectivity index (χ1n) is 9.17. The molecule has 118 valence electrons. The van der Waals surface area contributed by atoms with Crippen molar-refractivity contribution in [1.82, 2.24) is 10.2 Å². The molecule has 2 nitrogen and oxygen atoms in total. The van der Waals surface area contributed by atoms with Gasteiger partial charge in [0.05, 0.1) is 0 Å². The first-order valence-corrected chi connectivity index (χ1v) is 9.17. The second-order valence-electron chi connectivity index (χ2n) is 7.36. The van der Waals surface area contributed by atoms with Gasteiger partial charge in [-0.3, -0.25) is 4.90 Å². The van der Waals surface area contributed by atoms with Crippen molar-refractivity contribution in [2.24, 2.45) is 5.92 Å². The van der Waals surface area contributed by atoms with Crippen molar-refractivity contribution in [1.29, 1.82) is 0 Å². The summed E-state index contributed by atoms with van der Waals surface area (Å²) < 4.78 is 0. The molecule has 0 saturated heterocycles. The average molecular weight is 280 g/mol. The minimum absolute atomic E-state index is 0.736. The van der Waals surface area contributed by atoms with Crippen molar-refractivity contribution in [3.8, 4) is 0 Å². The van der Waals surface area contributed by atoms with Gasteiger partial charge in [-0.2, -0.15) is 0 Å². The Hall–Kier alpha value is -0.0800. The van der Waals surface area contributed by atoms with Gasteiger partial charge in [0.25, 0.3) is 0 Å². The standard InChI is InChI=1S/C18H36N2/c1-4-13-19-17-12-11-15(2)14-18(17)20(3)16-9-7-5-6-8-10-16/h15-19H,4-14H2,1-3H3. The fraction of sp³-hybridized carbons (Fsp3) is 1.00. The summed E-state index contributed by atoms with van der Waals surface area (Å²) in [7, 11) is 2.42. The Labute approximate surface area is 126 Å². The molecule has 3 atom stereocenters. The quantitative estimate of drug-likeness (QED) is 0.759. The summed E-state index contributed by atoms with van der Waals surface area (Å²) in [4.78, 5) is 2.77. The van der Waals surface area contributed by atoms with E-state index in [-0.39, 0.29) is 0 Å². The highest BCUT2D eigenvalue weighted by atomic mass is 15.2. The Morgan fingerprint density at radius 3 is 2.35 bits per heavy atom. The van der Waals surface area contributed by atoms with Crippen LogP contribution in [0.1, 0.15) is 78.1 Å². The molecule has 2 aliphatic rings. The Morgan fingerprint density at radius 2 is 1.70 bits per heavy atom. The lowest BCUT2D eigenvalue weighted by Crippen LogP contribution is -2.54. The van der Waals surface area contributed by atoms with Gasteiger partial charge >= 0.3 is 0 Å². The number of hydrogen-bond acceptors (Lipinski definition) is 2. The summed E-state index contributed by atoms with van der Waals surface area (Å²) in [6, 6.07) is 2.35. The van der Waals surface area contributed by atoms with Crippen molar-refractivity contribution in [3.05, 3.63) is 0 Å². The third-order valence-electron chi connectivity index (χ3n) is 5.66. The molecule has 1 N–H and O–H groups in total. The molecule has 0 aromatic heterocycles. The van der Waals surface area contributed by atoms with E-state index in [1.54, 1.807) is 0 Å². The van der Waals surface area contributed by atoms with Crippen molar-refractivity contribution in [2.75, 3.05) is 13.6 Å². The topological polar surface area (TPSA) is 15.3 Å². The van der Waals surface area contributed by atoms with Gasteiger partial charge in [-0.05, 0) is 58.0 Å². The molecule has 0 aromatic carbocycles. The van der Waals surface area contributed by atoms with Crippen molar-refractivity contribution in [3.63, 3.8) is 0 Å². The highest BCUT2D eigenvalue weighted by Gasteiger charge is 2.33. The molecule has 0 heterocycles. The fourth-order valence-electron chi connectivity index (χ4n) is 4.30. The largest absolute Gasteiger partial charge is 0.312 e. The zero-order valence-corrected chi connectivity index (χ0v) is 14.0. The van der Waals surface area contributed by atoms with Crippen LogP contribution in [0.2, 0.25) is 0 Å². The number of nitrogens with zero attached hydrogens (tertiary/aromatic N) is 1. The minimum atomic E-state index is 0.736. The van der Waals surface area contributed by atoms with E-state index in [0.717, 1.165) is 24.0 Å². The van der Waals surface area contributed by atoms with Crippen LogP contribution in [0.3, 0.4) is 0 Å². The van der Waals surface area contributed by atoms with Gasteiger partial charge in [-0.1, -0.05) is 39.5 Å². The van der Waals surface area contributed by atoms with E-state index in [0.29, 0.717) is 0 Å². The van der Waals surface area contributed by atoms with Gasteiger partial charge < -0.3 is 5.32 Å². The van der Waals surface area contributed by atoms with Crippen LogP contribution in [0.5, 0.6) is 0 Å². The molecule has 0 amide bonds. The van der Waals surface area contributed by atoms with Crippen LogP contribution in [0, 0.1) is 5.92 Å². The molecule has 0 radical (unpaired) electrons. The summed E-state index contributed by atoms with van der Waals surface area (Å²) in [6.45, 7) is 5.92. The second-order valence-corrected chi connectivity index (χ2v) is 7.36. The zero-order chi connectivity index (χ0) is 14.4. The summed E-state index contributed by atoms with van der Waals surface area (Å²) in [5, 5.41) is 3.84. The lowest BCUT2D eigenvalue weighted by Gasteiger charge is -2.44. The van der Waals surface area contributed by atoms with Crippen LogP contribution < -0.4 is 5.32 Å². The van der Waals surface area contributed by atoms with Crippen molar-refractivity contribution < 1.29 is 0 Å². The molecular weight excluding hydrogens is 244 g/mol. The van der Waals surface area contributed by atoms with E-state index in [2.05, 4.69) is 31.1 Å². The minimum Gasteiger partial charge on any atom is -0.312 e. The molecule has 3 unspecified atom stereocenters. The Kier molecular flexibility index (Phi) is 6.83.